The molecular weight excluding hydrogens is 276 g/mol. The van der Waals surface area contributed by atoms with Crippen LogP contribution in [0.5, 0.6) is 0 Å². The molecule has 110 valence electrons. The molecule has 0 amide bonds. The van der Waals surface area contributed by atoms with Crippen LogP contribution in [0.25, 0.3) is 11.7 Å². The minimum atomic E-state index is -0.367. The molecule has 3 aromatic rings. The van der Waals surface area contributed by atoms with Gasteiger partial charge in [-0.3, -0.25) is 0 Å². The number of nitrogens with zero attached hydrogens (tertiary/aromatic N) is 2. The average molecular weight is 292 g/mol. The molecule has 2 aromatic heterocycles. The van der Waals surface area contributed by atoms with Crippen LogP contribution in [-0.2, 0) is 16.1 Å². The summed E-state index contributed by atoms with van der Waals surface area (Å²) in [6.07, 6.45) is 5.09. The number of hydrogen-bond donors (Lipinski definition) is 0. The number of carbonyl (C=O) groups is 1. The van der Waals surface area contributed by atoms with E-state index in [2.05, 4.69) is 4.98 Å². The van der Waals surface area contributed by atoms with Crippen molar-refractivity contribution < 1.29 is 9.53 Å². The molecule has 0 bridgehead atoms. The molecule has 0 N–H and O–H groups in total. The van der Waals surface area contributed by atoms with E-state index >= 15 is 0 Å². The van der Waals surface area contributed by atoms with Crippen molar-refractivity contribution in [2.45, 2.75) is 13.5 Å². The van der Waals surface area contributed by atoms with Gasteiger partial charge in [0.1, 0.15) is 12.3 Å². The Kier molecular flexibility index (Phi) is 4.01. The van der Waals surface area contributed by atoms with Crippen molar-refractivity contribution in [2.24, 2.45) is 0 Å². The second-order valence-electron chi connectivity index (χ2n) is 4.92. The summed E-state index contributed by atoms with van der Waals surface area (Å²) in [4.78, 5) is 16.3. The molecule has 0 aliphatic heterocycles. The Bertz CT molecular complexity index is 819. The molecule has 0 unspecified atom stereocenters. The van der Waals surface area contributed by atoms with Gasteiger partial charge in [0.2, 0.25) is 0 Å². The first-order valence-corrected chi connectivity index (χ1v) is 7.06. The standard InChI is InChI=1S/C18H16N2O2/c1-14-16(20-12-6-5-9-17(20)19-14)13-22-18(21)11-10-15-7-3-2-4-8-15/h2-12H,13H2,1H3/b11-10+. The Hall–Kier alpha value is -2.88. The van der Waals surface area contributed by atoms with E-state index in [0.29, 0.717) is 0 Å². The Labute approximate surface area is 128 Å². The second kappa shape index (κ2) is 6.26. The van der Waals surface area contributed by atoms with Crippen LogP contribution in [0.4, 0.5) is 0 Å². The molecule has 0 saturated carbocycles. The van der Waals surface area contributed by atoms with Crippen LogP contribution < -0.4 is 0 Å². The van der Waals surface area contributed by atoms with Crippen molar-refractivity contribution in [1.29, 1.82) is 0 Å². The van der Waals surface area contributed by atoms with Gasteiger partial charge in [-0.05, 0) is 30.7 Å². The summed E-state index contributed by atoms with van der Waals surface area (Å²) in [5, 5.41) is 0. The summed E-state index contributed by atoms with van der Waals surface area (Å²) >= 11 is 0. The van der Waals surface area contributed by atoms with Crippen LogP contribution in [0, 0.1) is 6.92 Å². The van der Waals surface area contributed by atoms with Crippen LogP contribution in [0.15, 0.2) is 60.8 Å². The van der Waals surface area contributed by atoms with Crippen LogP contribution in [0.2, 0.25) is 0 Å². The first-order chi connectivity index (χ1) is 10.7. The molecule has 0 aliphatic carbocycles. The van der Waals surface area contributed by atoms with Gasteiger partial charge in [0.25, 0.3) is 0 Å². The predicted octanol–water partition coefficient (Wildman–Crippen LogP) is 3.40. The summed E-state index contributed by atoms with van der Waals surface area (Å²) in [5.74, 6) is -0.367. The molecule has 3 rings (SSSR count). The van der Waals surface area contributed by atoms with Crippen molar-refractivity contribution in [2.75, 3.05) is 0 Å². The monoisotopic (exact) mass is 292 g/mol. The molecule has 22 heavy (non-hydrogen) atoms. The zero-order chi connectivity index (χ0) is 15.4. The molecule has 0 radical (unpaired) electrons. The third kappa shape index (κ3) is 3.06. The molecule has 0 saturated heterocycles. The van der Waals surface area contributed by atoms with Gasteiger partial charge in [-0.1, -0.05) is 36.4 Å². The van der Waals surface area contributed by atoms with Crippen molar-refractivity contribution in [3.8, 4) is 0 Å². The van der Waals surface area contributed by atoms with Crippen LogP contribution in [0.3, 0.4) is 0 Å². The highest BCUT2D eigenvalue weighted by molar-refractivity contribution is 5.87. The number of aromatic nitrogens is 2. The molecule has 0 atom stereocenters. The summed E-state index contributed by atoms with van der Waals surface area (Å²) in [6.45, 7) is 2.12. The quantitative estimate of drug-likeness (QED) is 0.547. The number of ether oxygens (including phenoxy) is 1. The maximum absolute atomic E-state index is 11.8. The largest absolute Gasteiger partial charge is 0.456 e. The van der Waals surface area contributed by atoms with Crippen molar-refractivity contribution in [1.82, 2.24) is 9.38 Å². The zero-order valence-electron chi connectivity index (χ0n) is 12.3. The van der Waals surface area contributed by atoms with Gasteiger partial charge in [-0.25, -0.2) is 9.78 Å². The molecular formula is C18H16N2O2. The number of esters is 1. The fourth-order valence-corrected chi connectivity index (χ4v) is 2.25. The van der Waals surface area contributed by atoms with Crippen LogP contribution >= 0.6 is 0 Å². The number of carbonyl (C=O) groups excluding carboxylic acids is 1. The number of pyridine rings is 1. The minimum absolute atomic E-state index is 0.203. The van der Waals surface area contributed by atoms with Gasteiger partial charge in [0, 0.05) is 12.3 Å². The number of rotatable bonds is 4. The van der Waals surface area contributed by atoms with E-state index in [-0.39, 0.29) is 12.6 Å². The Morgan fingerprint density at radius 3 is 2.77 bits per heavy atom. The molecule has 0 spiro atoms. The minimum Gasteiger partial charge on any atom is -0.456 e. The molecule has 4 heteroatoms. The molecule has 1 aromatic carbocycles. The van der Waals surface area contributed by atoms with Gasteiger partial charge in [-0.2, -0.15) is 0 Å². The fraction of sp³-hybridized carbons (Fsp3) is 0.111. The van der Waals surface area contributed by atoms with Crippen molar-refractivity contribution >= 4 is 17.7 Å². The SMILES string of the molecule is Cc1nc2ccccn2c1COC(=O)/C=C/c1ccccc1. The van der Waals surface area contributed by atoms with E-state index in [9.17, 15) is 4.79 Å². The topological polar surface area (TPSA) is 43.6 Å². The first-order valence-electron chi connectivity index (χ1n) is 7.06. The number of benzene rings is 1. The first kappa shape index (κ1) is 14.1. The number of aryl methyl sites for hydroxylation is 1. The molecule has 4 nitrogen and oxygen atoms in total. The summed E-state index contributed by atoms with van der Waals surface area (Å²) in [6, 6.07) is 15.4. The molecule has 0 fully saturated rings. The van der Waals surface area contributed by atoms with Crippen molar-refractivity contribution in [3.63, 3.8) is 0 Å². The van der Waals surface area contributed by atoms with Gasteiger partial charge in [0.15, 0.2) is 0 Å². The third-order valence-corrected chi connectivity index (χ3v) is 3.39. The van der Waals surface area contributed by atoms with Crippen LogP contribution in [0.1, 0.15) is 17.0 Å². The lowest BCUT2D eigenvalue weighted by Gasteiger charge is -2.03. The predicted molar refractivity (Wildman–Crippen MR) is 85.2 cm³/mol. The van der Waals surface area contributed by atoms with E-state index in [1.165, 1.54) is 6.08 Å². The lowest BCUT2D eigenvalue weighted by atomic mass is 10.2. The smallest absolute Gasteiger partial charge is 0.331 e. The Morgan fingerprint density at radius 1 is 1.18 bits per heavy atom. The fourth-order valence-electron chi connectivity index (χ4n) is 2.25. The van der Waals surface area contributed by atoms with Gasteiger partial charge >= 0.3 is 5.97 Å². The lowest BCUT2D eigenvalue weighted by molar-refractivity contribution is -0.139. The molecule has 0 aliphatic rings. The highest BCUT2D eigenvalue weighted by Crippen LogP contribution is 2.13. The van der Waals surface area contributed by atoms with Crippen molar-refractivity contribution in [3.05, 3.63) is 77.8 Å². The number of imidazole rings is 1. The summed E-state index contributed by atoms with van der Waals surface area (Å²) < 4.78 is 7.24. The maximum atomic E-state index is 11.8. The number of fused-ring (bicyclic) bond motifs is 1. The normalized spacial score (nSPS) is 11.1. The Balaban J connectivity index is 1.68. The van der Waals surface area contributed by atoms with E-state index in [0.717, 1.165) is 22.6 Å². The third-order valence-electron chi connectivity index (χ3n) is 3.39. The van der Waals surface area contributed by atoms with E-state index in [4.69, 9.17) is 4.74 Å². The van der Waals surface area contributed by atoms with E-state index in [1.807, 2.05) is 66.1 Å². The average Bonchev–Trinajstić information content (AvgIpc) is 2.87. The van der Waals surface area contributed by atoms with E-state index in [1.54, 1.807) is 6.08 Å². The van der Waals surface area contributed by atoms with E-state index < -0.39 is 0 Å². The number of hydrogen-bond acceptors (Lipinski definition) is 3. The van der Waals surface area contributed by atoms with Crippen LogP contribution in [-0.4, -0.2) is 15.4 Å². The summed E-state index contributed by atoms with van der Waals surface area (Å²) in [7, 11) is 0. The summed E-state index contributed by atoms with van der Waals surface area (Å²) in [5.41, 5.74) is 3.57. The van der Waals surface area contributed by atoms with Gasteiger partial charge < -0.3 is 9.14 Å². The highest BCUT2D eigenvalue weighted by Gasteiger charge is 2.09. The van der Waals surface area contributed by atoms with Gasteiger partial charge in [0.05, 0.1) is 11.4 Å². The highest BCUT2D eigenvalue weighted by atomic mass is 16.5. The zero-order valence-corrected chi connectivity index (χ0v) is 12.3. The maximum Gasteiger partial charge on any atom is 0.331 e. The molecule has 2 heterocycles. The second-order valence-corrected chi connectivity index (χ2v) is 4.92. The lowest BCUT2D eigenvalue weighted by Crippen LogP contribution is -2.04. The Morgan fingerprint density at radius 2 is 1.95 bits per heavy atom. The van der Waals surface area contributed by atoms with Gasteiger partial charge in [-0.15, -0.1) is 0 Å².